The minimum atomic E-state index is -0.237. The lowest BCUT2D eigenvalue weighted by Gasteiger charge is -2.12. The van der Waals surface area contributed by atoms with Gasteiger partial charge in [0.1, 0.15) is 24.2 Å². The fraction of sp³-hybridized carbons (Fsp3) is 0.364. The summed E-state index contributed by atoms with van der Waals surface area (Å²) in [4.78, 5) is 11.0. The van der Waals surface area contributed by atoms with E-state index in [1.54, 1.807) is 0 Å². The molecule has 0 aliphatic carbocycles. The van der Waals surface area contributed by atoms with Crippen LogP contribution >= 0.6 is 11.6 Å². The molecule has 1 heterocycles. The number of carbonyl (C=O) groups excluding carboxylic acids is 1. The van der Waals surface area contributed by atoms with Crippen LogP contribution in [0, 0.1) is 0 Å². The van der Waals surface area contributed by atoms with Gasteiger partial charge in [-0.1, -0.05) is 11.6 Å². The van der Waals surface area contributed by atoms with Crippen LogP contribution in [0.2, 0.25) is 5.02 Å². The van der Waals surface area contributed by atoms with Gasteiger partial charge in [-0.05, 0) is 6.07 Å². The van der Waals surface area contributed by atoms with E-state index in [2.05, 4.69) is 5.32 Å². The minimum Gasteiger partial charge on any atom is -0.506 e. The van der Waals surface area contributed by atoms with E-state index >= 15 is 0 Å². The van der Waals surface area contributed by atoms with Crippen molar-refractivity contribution in [3.05, 3.63) is 17.2 Å². The van der Waals surface area contributed by atoms with Crippen molar-refractivity contribution in [1.82, 2.24) is 0 Å². The van der Waals surface area contributed by atoms with Crippen LogP contribution in [-0.4, -0.2) is 30.3 Å². The second-order valence-electron chi connectivity index (χ2n) is 3.75. The van der Waals surface area contributed by atoms with Gasteiger partial charge < -0.3 is 19.9 Å². The standard InChI is InChI=1S/C11H12ClNO4/c1-6(14)13-9-2-8(12)10(15)3-11(9)17-5-7-4-16-7/h2-3,7,15H,4-5H2,1H3,(H,13,14)/t7-/m0/s1. The van der Waals surface area contributed by atoms with Crippen molar-refractivity contribution in [2.24, 2.45) is 0 Å². The zero-order valence-electron chi connectivity index (χ0n) is 9.20. The SMILES string of the molecule is CC(=O)Nc1cc(Cl)c(O)cc1OC[C@@H]1CO1. The van der Waals surface area contributed by atoms with Gasteiger partial charge in [-0.3, -0.25) is 4.79 Å². The van der Waals surface area contributed by atoms with Crippen LogP contribution in [0.1, 0.15) is 6.92 Å². The average molecular weight is 258 g/mol. The number of benzene rings is 1. The van der Waals surface area contributed by atoms with Gasteiger partial charge in [-0.15, -0.1) is 0 Å². The number of amides is 1. The van der Waals surface area contributed by atoms with Crippen molar-refractivity contribution in [1.29, 1.82) is 0 Å². The molecule has 1 aliphatic rings. The van der Waals surface area contributed by atoms with E-state index < -0.39 is 0 Å². The van der Waals surface area contributed by atoms with Gasteiger partial charge >= 0.3 is 0 Å². The normalized spacial score (nSPS) is 17.6. The Bertz CT molecular complexity index is 445. The number of hydrogen-bond donors (Lipinski definition) is 2. The van der Waals surface area contributed by atoms with E-state index in [9.17, 15) is 9.90 Å². The molecule has 0 unspecified atom stereocenters. The van der Waals surface area contributed by atoms with E-state index in [1.807, 2.05) is 0 Å². The summed E-state index contributed by atoms with van der Waals surface area (Å²) >= 11 is 5.76. The number of halogens is 1. The van der Waals surface area contributed by atoms with Crippen LogP contribution in [0.25, 0.3) is 0 Å². The molecule has 17 heavy (non-hydrogen) atoms. The predicted octanol–water partition coefficient (Wildman–Crippen LogP) is 1.78. The van der Waals surface area contributed by atoms with Crippen LogP contribution in [0.15, 0.2) is 12.1 Å². The van der Waals surface area contributed by atoms with Crippen LogP contribution in [-0.2, 0) is 9.53 Å². The van der Waals surface area contributed by atoms with Gasteiger partial charge in [-0.2, -0.15) is 0 Å². The number of phenolic OH excluding ortho intramolecular Hbond substituents is 1. The Morgan fingerprint density at radius 1 is 1.71 bits per heavy atom. The Labute approximate surface area is 103 Å². The number of hydrogen-bond acceptors (Lipinski definition) is 4. The molecule has 1 atom stereocenters. The monoisotopic (exact) mass is 257 g/mol. The Kier molecular flexibility index (Phi) is 3.40. The summed E-state index contributed by atoms with van der Waals surface area (Å²) in [6.45, 7) is 2.44. The van der Waals surface area contributed by atoms with E-state index in [0.717, 1.165) is 0 Å². The summed E-state index contributed by atoms with van der Waals surface area (Å²) in [6, 6.07) is 2.82. The molecule has 92 valence electrons. The summed E-state index contributed by atoms with van der Waals surface area (Å²) in [6.07, 6.45) is 0.0954. The summed E-state index contributed by atoms with van der Waals surface area (Å²) in [5.74, 6) is 0.0457. The Balaban J connectivity index is 2.18. The van der Waals surface area contributed by atoms with Gasteiger partial charge in [0.2, 0.25) is 5.91 Å². The largest absolute Gasteiger partial charge is 0.506 e. The molecule has 6 heteroatoms. The van der Waals surface area contributed by atoms with Gasteiger partial charge in [0.25, 0.3) is 0 Å². The van der Waals surface area contributed by atoms with Crippen LogP contribution in [0.4, 0.5) is 5.69 Å². The molecule has 2 N–H and O–H groups in total. The van der Waals surface area contributed by atoms with Crippen molar-refractivity contribution >= 4 is 23.2 Å². The number of epoxide rings is 1. The highest BCUT2D eigenvalue weighted by molar-refractivity contribution is 6.32. The van der Waals surface area contributed by atoms with Gasteiger partial charge in [-0.25, -0.2) is 0 Å². The zero-order valence-corrected chi connectivity index (χ0v) is 9.95. The Morgan fingerprint density at radius 3 is 3.00 bits per heavy atom. The maximum Gasteiger partial charge on any atom is 0.221 e. The first-order valence-corrected chi connectivity index (χ1v) is 5.48. The molecule has 5 nitrogen and oxygen atoms in total. The molecule has 1 fully saturated rings. The topological polar surface area (TPSA) is 71.1 Å². The Morgan fingerprint density at radius 2 is 2.41 bits per heavy atom. The summed E-state index contributed by atoms with van der Waals surface area (Å²) in [5, 5.41) is 12.2. The van der Waals surface area contributed by atoms with E-state index in [4.69, 9.17) is 21.1 Å². The zero-order chi connectivity index (χ0) is 12.4. The molecule has 0 radical (unpaired) electrons. The van der Waals surface area contributed by atoms with Crippen LogP contribution in [0.5, 0.6) is 11.5 Å². The fourth-order valence-corrected chi connectivity index (χ4v) is 1.46. The molecule has 2 rings (SSSR count). The second-order valence-corrected chi connectivity index (χ2v) is 4.15. The second kappa shape index (κ2) is 4.81. The number of carbonyl (C=O) groups is 1. The molecule has 0 bridgehead atoms. The van der Waals surface area contributed by atoms with Crippen molar-refractivity contribution < 1.29 is 19.4 Å². The maximum absolute atomic E-state index is 11.0. The smallest absolute Gasteiger partial charge is 0.221 e. The fourth-order valence-electron chi connectivity index (χ4n) is 1.30. The third-order valence-corrected chi connectivity index (χ3v) is 2.49. The predicted molar refractivity (Wildman–Crippen MR) is 62.7 cm³/mol. The molecule has 1 amide bonds. The first-order chi connectivity index (χ1) is 8.06. The minimum absolute atomic E-state index is 0.0903. The average Bonchev–Trinajstić information content (AvgIpc) is 3.04. The first-order valence-electron chi connectivity index (χ1n) is 5.11. The maximum atomic E-state index is 11.0. The molecule has 1 aromatic rings. The lowest BCUT2D eigenvalue weighted by atomic mass is 10.2. The molecule has 1 saturated heterocycles. The molecule has 0 spiro atoms. The quantitative estimate of drug-likeness (QED) is 0.637. The Hall–Kier alpha value is -1.46. The molecule has 0 aromatic heterocycles. The van der Waals surface area contributed by atoms with E-state index in [1.165, 1.54) is 19.1 Å². The highest BCUT2D eigenvalue weighted by Crippen LogP contribution is 2.35. The number of nitrogens with one attached hydrogen (secondary N) is 1. The third kappa shape index (κ3) is 3.25. The van der Waals surface area contributed by atoms with Crippen molar-refractivity contribution in [3.63, 3.8) is 0 Å². The number of anilines is 1. The molecular formula is C11H12ClNO4. The van der Waals surface area contributed by atoms with E-state index in [-0.39, 0.29) is 22.8 Å². The van der Waals surface area contributed by atoms with Gasteiger partial charge in [0.05, 0.1) is 17.3 Å². The molecular weight excluding hydrogens is 246 g/mol. The van der Waals surface area contributed by atoms with Gasteiger partial charge in [0, 0.05) is 13.0 Å². The van der Waals surface area contributed by atoms with E-state index in [0.29, 0.717) is 24.7 Å². The molecule has 1 aromatic carbocycles. The number of ether oxygens (including phenoxy) is 2. The third-order valence-electron chi connectivity index (χ3n) is 2.19. The molecule has 1 aliphatic heterocycles. The van der Waals surface area contributed by atoms with Crippen LogP contribution in [0.3, 0.4) is 0 Å². The van der Waals surface area contributed by atoms with Crippen molar-refractivity contribution in [3.8, 4) is 11.5 Å². The molecule has 0 saturated carbocycles. The summed E-state index contributed by atoms with van der Waals surface area (Å²) < 4.78 is 10.4. The van der Waals surface area contributed by atoms with Crippen molar-refractivity contribution in [2.75, 3.05) is 18.5 Å². The first kappa shape index (κ1) is 12.0. The highest BCUT2D eigenvalue weighted by Gasteiger charge is 2.24. The lowest BCUT2D eigenvalue weighted by Crippen LogP contribution is -2.10. The van der Waals surface area contributed by atoms with Crippen LogP contribution < -0.4 is 10.1 Å². The highest BCUT2D eigenvalue weighted by atomic mass is 35.5. The summed E-state index contributed by atoms with van der Waals surface area (Å²) in [5.41, 5.74) is 0.431. The van der Waals surface area contributed by atoms with Gasteiger partial charge in [0.15, 0.2) is 0 Å². The number of phenols is 1. The number of rotatable bonds is 4. The number of aromatic hydroxyl groups is 1. The summed E-state index contributed by atoms with van der Waals surface area (Å²) in [7, 11) is 0. The van der Waals surface area contributed by atoms with Crippen molar-refractivity contribution in [2.45, 2.75) is 13.0 Å². The lowest BCUT2D eigenvalue weighted by molar-refractivity contribution is -0.114.